The molecule has 0 amide bonds. The Kier molecular flexibility index (Phi) is 4.00. The van der Waals surface area contributed by atoms with Gasteiger partial charge in [0.2, 0.25) is 11.8 Å². The van der Waals surface area contributed by atoms with Gasteiger partial charge in [-0.15, -0.1) is 0 Å². The van der Waals surface area contributed by atoms with Gasteiger partial charge >= 0.3 is 0 Å². The minimum Gasteiger partial charge on any atom is -0.481 e. The first-order valence-electron chi connectivity index (χ1n) is 6.48. The number of anilines is 1. The summed E-state index contributed by atoms with van der Waals surface area (Å²) in [5.74, 6) is 0.715. The zero-order chi connectivity index (χ0) is 13.8. The molecule has 0 radical (unpaired) electrons. The lowest BCUT2D eigenvalue weighted by atomic mass is 9.99. The van der Waals surface area contributed by atoms with Gasteiger partial charge in [0.15, 0.2) is 0 Å². The SMILES string of the molecule is CCc1ccc(-c2cc(OC)nc(N)n2)cc1CC. The van der Waals surface area contributed by atoms with Gasteiger partial charge in [0, 0.05) is 11.6 Å². The van der Waals surface area contributed by atoms with Crippen LogP contribution in [0.5, 0.6) is 5.88 Å². The van der Waals surface area contributed by atoms with Crippen molar-refractivity contribution < 1.29 is 4.74 Å². The average Bonchev–Trinajstić information content (AvgIpc) is 2.45. The first-order valence-corrected chi connectivity index (χ1v) is 6.48. The minimum absolute atomic E-state index is 0.229. The molecule has 1 heterocycles. The molecular weight excluding hydrogens is 238 g/mol. The Labute approximate surface area is 113 Å². The average molecular weight is 257 g/mol. The molecule has 0 aliphatic heterocycles. The summed E-state index contributed by atoms with van der Waals surface area (Å²) in [7, 11) is 1.57. The lowest BCUT2D eigenvalue weighted by Gasteiger charge is -2.09. The van der Waals surface area contributed by atoms with Crippen LogP contribution in [0.2, 0.25) is 0 Å². The Bertz CT molecular complexity index is 582. The number of benzene rings is 1. The normalized spacial score (nSPS) is 10.5. The van der Waals surface area contributed by atoms with Crippen LogP contribution < -0.4 is 10.5 Å². The van der Waals surface area contributed by atoms with Crippen molar-refractivity contribution in [3.8, 4) is 17.1 Å². The lowest BCUT2D eigenvalue weighted by molar-refractivity contribution is 0.398. The van der Waals surface area contributed by atoms with E-state index >= 15 is 0 Å². The van der Waals surface area contributed by atoms with Crippen LogP contribution in [0, 0.1) is 0 Å². The summed E-state index contributed by atoms with van der Waals surface area (Å²) in [4.78, 5) is 8.27. The second-order valence-corrected chi connectivity index (χ2v) is 4.34. The molecule has 0 spiro atoms. The maximum Gasteiger partial charge on any atom is 0.223 e. The van der Waals surface area contributed by atoms with Gasteiger partial charge in [-0.1, -0.05) is 26.0 Å². The van der Waals surface area contributed by atoms with Crippen molar-refractivity contribution in [3.63, 3.8) is 0 Å². The van der Waals surface area contributed by atoms with Gasteiger partial charge in [-0.3, -0.25) is 0 Å². The van der Waals surface area contributed by atoms with Crippen LogP contribution in [0.1, 0.15) is 25.0 Å². The fraction of sp³-hybridized carbons (Fsp3) is 0.333. The molecule has 0 aliphatic rings. The summed E-state index contributed by atoms with van der Waals surface area (Å²) in [5.41, 5.74) is 10.3. The van der Waals surface area contributed by atoms with Crippen molar-refractivity contribution in [1.29, 1.82) is 0 Å². The first kappa shape index (κ1) is 13.3. The molecule has 100 valence electrons. The van der Waals surface area contributed by atoms with Crippen LogP contribution in [0.25, 0.3) is 11.3 Å². The van der Waals surface area contributed by atoms with E-state index in [2.05, 4.69) is 42.0 Å². The molecule has 0 saturated heterocycles. The third-order valence-corrected chi connectivity index (χ3v) is 3.19. The van der Waals surface area contributed by atoms with Crippen LogP contribution in [0.15, 0.2) is 24.3 Å². The largest absolute Gasteiger partial charge is 0.481 e. The monoisotopic (exact) mass is 257 g/mol. The molecular formula is C15H19N3O. The Balaban J connectivity index is 2.49. The highest BCUT2D eigenvalue weighted by Crippen LogP contribution is 2.24. The number of rotatable bonds is 4. The fourth-order valence-corrected chi connectivity index (χ4v) is 2.15. The predicted octanol–water partition coefficient (Wildman–Crippen LogP) is 2.86. The van der Waals surface area contributed by atoms with Crippen molar-refractivity contribution in [2.45, 2.75) is 26.7 Å². The quantitative estimate of drug-likeness (QED) is 0.914. The van der Waals surface area contributed by atoms with Gasteiger partial charge in [-0.25, -0.2) is 4.98 Å². The molecule has 0 bridgehead atoms. The van der Waals surface area contributed by atoms with Crippen LogP contribution >= 0.6 is 0 Å². The highest BCUT2D eigenvalue weighted by molar-refractivity contribution is 5.63. The number of ether oxygens (including phenoxy) is 1. The molecule has 0 fully saturated rings. The zero-order valence-electron chi connectivity index (χ0n) is 11.6. The van der Waals surface area contributed by atoms with Crippen LogP contribution in [-0.4, -0.2) is 17.1 Å². The van der Waals surface area contributed by atoms with E-state index < -0.39 is 0 Å². The second-order valence-electron chi connectivity index (χ2n) is 4.34. The van der Waals surface area contributed by atoms with E-state index in [9.17, 15) is 0 Å². The molecule has 2 rings (SSSR count). The van der Waals surface area contributed by atoms with E-state index in [1.807, 2.05) is 0 Å². The number of nitrogen functional groups attached to an aromatic ring is 1. The van der Waals surface area contributed by atoms with Crippen LogP contribution in [0.3, 0.4) is 0 Å². The maximum absolute atomic E-state index is 5.70. The minimum atomic E-state index is 0.229. The van der Waals surface area contributed by atoms with Crippen molar-refractivity contribution in [3.05, 3.63) is 35.4 Å². The molecule has 19 heavy (non-hydrogen) atoms. The highest BCUT2D eigenvalue weighted by atomic mass is 16.5. The topological polar surface area (TPSA) is 61.0 Å². The molecule has 2 aromatic rings. The molecule has 2 N–H and O–H groups in total. The van der Waals surface area contributed by atoms with Crippen LogP contribution in [-0.2, 0) is 12.8 Å². The Morgan fingerprint density at radius 3 is 2.42 bits per heavy atom. The number of hydrogen-bond donors (Lipinski definition) is 1. The van der Waals surface area contributed by atoms with Crippen molar-refractivity contribution in [2.75, 3.05) is 12.8 Å². The van der Waals surface area contributed by atoms with E-state index in [1.54, 1.807) is 13.2 Å². The predicted molar refractivity (Wildman–Crippen MR) is 77.2 cm³/mol. The summed E-state index contributed by atoms with van der Waals surface area (Å²) in [6.07, 6.45) is 2.05. The Morgan fingerprint density at radius 2 is 1.79 bits per heavy atom. The van der Waals surface area contributed by atoms with Gasteiger partial charge in [0.25, 0.3) is 0 Å². The summed E-state index contributed by atoms with van der Waals surface area (Å²) in [6.45, 7) is 4.33. The number of hydrogen-bond acceptors (Lipinski definition) is 4. The number of aromatic nitrogens is 2. The van der Waals surface area contributed by atoms with E-state index in [4.69, 9.17) is 10.5 Å². The number of methoxy groups -OCH3 is 1. The molecule has 1 aromatic heterocycles. The molecule has 0 aliphatic carbocycles. The zero-order valence-corrected chi connectivity index (χ0v) is 11.6. The first-order chi connectivity index (χ1) is 9.17. The molecule has 4 nitrogen and oxygen atoms in total. The molecule has 1 aromatic carbocycles. The van der Waals surface area contributed by atoms with Gasteiger partial charge < -0.3 is 10.5 Å². The maximum atomic E-state index is 5.70. The summed E-state index contributed by atoms with van der Waals surface area (Å²) < 4.78 is 5.13. The molecule has 0 unspecified atom stereocenters. The third-order valence-electron chi connectivity index (χ3n) is 3.19. The van der Waals surface area contributed by atoms with Gasteiger partial charge in [0.1, 0.15) is 0 Å². The van der Waals surface area contributed by atoms with Crippen molar-refractivity contribution >= 4 is 5.95 Å². The van der Waals surface area contributed by atoms with Gasteiger partial charge in [-0.2, -0.15) is 4.98 Å². The van der Waals surface area contributed by atoms with Crippen LogP contribution in [0.4, 0.5) is 5.95 Å². The van der Waals surface area contributed by atoms with Crippen molar-refractivity contribution in [1.82, 2.24) is 9.97 Å². The van der Waals surface area contributed by atoms with E-state index in [-0.39, 0.29) is 5.95 Å². The molecule has 0 saturated carbocycles. The van der Waals surface area contributed by atoms with E-state index in [0.29, 0.717) is 5.88 Å². The summed E-state index contributed by atoms with van der Waals surface area (Å²) in [6, 6.07) is 8.19. The lowest BCUT2D eigenvalue weighted by Crippen LogP contribution is -2.00. The van der Waals surface area contributed by atoms with Crippen molar-refractivity contribution in [2.24, 2.45) is 0 Å². The fourth-order valence-electron chi connectivity index (χ4n) is 2.15. The smallest absolute Gasteiger partial charge is 0.223 e. The number of nitrogens with zero attached hydrogens (tertiary/aromatic N) is 2. The number of nitrogens with two attached hydrogens (primary N) is 1. The Hall–Kier alpha value is -2.10. The van der Waals surface area contributed by atoms with E-state index in [1.165, 1.54) is 11.1 Å². The molecule has 4 heteroatoms. The van der Waals surface area contributed by atoms with E-state index in [0.717, 1.165) is 24.1 Å². The summed E-state index contributed by atoms with van der Waals surface area (Å²) >= 11 is 0. The third kappa shape index (κ3) is 2.84. The van der Waals surface area contributed by atoms with Gasteiger partial charge in [-0.05, 0) is 30.0 Å². The number of aryl methyl sites for hydroxylation is 2. The standard InChI is InChI=1S/C15H19N3O/c1-4-10-6-7-12(8-11(10)5-2)13-9-14(19-3)18-15(16)17-13/h6-9H,4-5H2,1-3H3,(H2,16,17,18). The highest BCUT2D eigenvalue weighted by Gasteiger charge is 2.07. The molecule has 0 atom stereocenters. The van der Waals surface area contributed by atoms with Gasteiger partial charge in [0.05, 0.1) is 12.8 Å². The summed E-state index contributed by atoms with van der Waals surface area (Å²) in [5, 5.41) is 0. The Morgan fingerprint density at radius 1 is 1.05 bits per heavy atom. The second kappa shape index (κ2) is 5.69.